The normalized spacial score (nSPS) is 18.2. The zero-order chi connectivity index (χ0) is 12.1. The van der Waals surface area contributed by atoms with Crippen molar-refractivity contribution in [3.05, 3.63) is 41.5 Å². The highest BCUT2D eigenvalue weighted by Gasteiger charge is 2.34. The minimum absolute atomic E-state index is 0.176. The maximum Gasteiger partial charge on any atom is 0.129 e. The fourth-order valence-corrected chi connectivity index (χ4v) is 2.17. The first-order chi connectivity index (χ1) is 7.22. The summed E-state index contributed by atoms with van der Waals surface area (Å²) in [5.41, 5.74) is 3.68. The third-order valence-corrected chi connectivity index (χ3v) is 3.21. The lowest BCUT2D eigenvalue weighted by atomic mass is 9.83. The number of rotatable bonds is 0. The largest absolute Gasteiger partial charge is 0.483 e. The van der Waals surface area contributed by atoms with E-state index in [1.54, 1.807) is 0 Å². The van der Waals surface area contributed by atoms with Crippen LogP contribution in [0, 0.1) is 0 Å². The first-order valence-electron chi connectivity index (χ1n) is 5.75. The zero-order valence-corrected chi connectivity index (χ0v) is 10.8. The second kappa shape index (κ2) is 3.13. The number of hydrogen-bond acceptors (Lipinski definition) is 1. The van der Waals surface area contributed by atoms with Crippen molar-refractivity contribution in [2.24, 2.45) is 0 Å². The van der Waals surface area contributed by atoms with Gasteiger partial charge in [0.25, 0.3) is 0 Å². The predicted molar refractivity (Wildman–Crippen MR) is 68.3 cm³/mol. The molecule has 86 valence electrons. The Labute approximate surface area is 98.1 Å². The maximum atomic E-state index is 5.79. The summed E-state index contributed by atoms with van der Waals surface area (Å²) >= 11 is 0. The number of fused-ring (bicyclic) bond motifs is 1. The summed E-state index contributed by atoms with van der Waals surface area (Å²) in [6, 6.07) is 6.56. The van der Waals surface area contributed by atoms with E-state index >= 15 is 0 Å². The molecule has 0 aliphatic carbocycles. The molecule has 1 aromatic rings. The molecular weight excluding hydrogens is 196 g/mol. The molecule has 0 amide bonds. The molecule has 0 atom stereocenters. The molecule has 0 saturated carbocycles. The van der Waals surface area contributed by atoms with Gasteiger partial charge in [-0.1, -0.05) is 45.5 Å². The van der Waals surface area contributed by atoms with Crippen molar-refractivity contribution in [3.8, 4) is 0 Å². The van der Waals surface area contributed by atoms with E-state index in [0.29, 0.717) is 0 Å². The Balaban J connectivity index is 2.59. The van der Waals surface area contributed by atoms with E-state index in [0.717, 1.165) is 11.3 Å². The highest BCUT2D eigenvalue weighted by molar-refractivity contribution is 5.67. The second-order valence-corrected chi connectivity index (χ2v) is 6.05. The third-order valence-electron chi connectivity index (χ3n) is 3.21. The van der Waals surface area contributed by atoms with Gasteiger partial charge in [-0.25, -0.2) is 0 Å². The molecule has 0 N–H and O–H groups in total. The lowest BCUT2D eigenvalue weighted by Crippen LogP contribution is -2.17. The Morgan fingerprint density at radius 2 is 1.81 bits per heavy atom. The molecule has 0 spiro atoms. The summed E-state index contributed by atoms with van der Waals surface area (Å²) in [6.07, 6.45) is 0. The summed E-state index contributed by atoms with van der Waals surface area (Å²) in [4.78, 5) is 0. The highest BCUT2D eigenvalue weighted by Crippen LogP contribution is 2.43. The van der Waals surface area contributed by atoms with Gasteiger partial charge < -0.3 is 4.74 Å². The molecule has 1 heterocycles. The van der Waals surface area contributed by atoms with E-state index in [4.69, 9.17) is 4.74 Å². The van der Waals surface area contributed by atoms with E-state index in [1.165, 1.54) is 11.1 Å². The smallest absolute Gasteiger partial charge is 0.129 e. The summed E-state index contributed by atoms with van der Waals surface area (Å²) in [7, 11) is 0. The van der Waals surface area contributed by atoms with Gasteiger partial charge in [0.2, 0.25) is 0 Å². The van der Waals surface area contributed by atoms with E-state index < -0.39 is 0 Å². The van der Waals surface area contributed by atoms with Crippen LogP contribution in [0.25, 0.3) is 5.76 Å². The molecule has 0 unspecified atom stereocenters. The fourth-order valence-electron chi connectivity index (χ4n) is 2.17. The number of hydrogen-bond donors (Lipinski definition) is 0. The molecule has 0 aromatic heterocycles. The zero-order valence-electron chi connectivity index (χ0n) is 10.8. The van der Waals surface area contributed by atoms with Crippen LogP contribution in [0.3, 0.4) is 0 Å². The lowest BCUT2D eigenvalue weighted by molar-refractivity contribution is 0.0934. The number of ether oxygens (including phenoxy) is 1. The summed E-state index contributed by atoms with van der Waals surface area (Å²) in [6.45, 7) is 14.8. The van der Waals surface area contributed by atoms with Crippen molar-refractivity contribution in [2.45, 2.75) is 45.6 Å². The standard InChI is InChI=1S/C15H20O/c1-10-12-8-7-11(14(2,3)4)9-13(12)15(5,6)16-10/h7-9H,1H2,2-6H3. The van der Waals surface area contributed by atoms with Gasteiger partial charge in [0.1, 0.15) is 11.4 Å². The van der Waals surface area contributed by atoms with Crippen LogP contribution in [0.1, 0.15) is 51.3 Å². The molecule has 0 fully saturated rings. The van der Waals surface area contributed by atoms with Crippen molar-refractivity contribution in [2.75, 3.05) is 0 Å². The van der Waals surface area contributed by atoms with Crippen LogP contribution in [-0.2, 0) is 15.8 Å². The quantitative estimate of drug-likeness (QED) is 0.631. The third kappa shape index (κ3) is 1.64. The first-order valence-corrected chi connectivity index (χ1v) is 5.75. The van der Waals surface area contributed by atoms with E-state index in [-0.39, 0.29) is 11.0 Å². The topological polar surface area (TPSA) is 9.23 Å². The molecule has 1 heteroatoms. The molecule has 1 nitrogen and oxygen atoms in total. The van der Waals surface area contributed by atoms with Gasteiger partial charge in [0, 0.05) is 11.1 Å². The minimum Gasteiger partial charge on any atom is -0.483 e. The average molecular weight is 216 g/mol. The Morgan fingerprint density at radius 3 is 2.38 bits per heavy atom. The van der Waals surface area contributed by atoms with Crippen LogP contribution in [0.4, 0.5) is 0 Å². The van der Waals surface area contributed by atoms with Gasteiger partial charge in [0.15, 0.2) is 0 Å². The maximum absolute atomic E-state index is 5.79. The Hall–Kier alpha value is -1.24. The van der Waals surface area contributed by atoms with E-state index in [9.17, 15) is 0 Å². The molecule has 16 heavy (non-hydrogen) atoms. The van der Waals surface area contributed by atoms with Gasteiger partial charge in [-0.05, 0) is 24.8 Å². The monoisotopic (exact) mass is 216 g/mol. The summed E-state index contributed by atoms with van der Waals surface area (Å²) in [5, 5.41) is 0. The Kier molecular flexibility index (Phi) is 2.20. The van der Waals surface area contributed by atoms with Crippen LogP contribution < -0.4 is 0 Å². The first kappa shape index (κ1) is 11.3. The van der Waals surface area contributed by atoms with Crippen molar-refractivity contribution in [1.29, 1.82) is 0 Å². The second-order valence-electron chi connectivity index (χ2n) is 6.05. The summed E-state index contributed by atoms with van der Waals surface area (Å²) in [5.74, 6) is 0.792. The molecule has 1 aliphatic rings. The van der Waals surface area contributed by atoms with E-state index in [2.05, 4.69) is 59.4 Å². The van der Waals surface area contributed by atoms with Crippen LogP contribution >= 0.6 is 0 Å². The van der Waals surface area contributed by atoms with Gasteiger partial charge in [0.05, 0.1) is 0 Å². The van der Waals surface area contributed by atoms with Crippen molar-refractivity contribution in [1.82, 2.24) is 0 Å². The van der Waals surface area contributed by atoms with Crippen LogP contribution in [0.15, 0.2) is 24.8 Å². The molecule has 0 radical (unpaired) electrons. The average Bonchev–Trinajstić information content (AvgIpc) is 2.36. The van der Waals surface area contributed by atoms with Gasteiger partial charge in [-0.15, -0.1) is 0 Å². The molecule has 1 aliphatic heterocycles. The van der Waals surface area contributed by atoms with Crippen LogP contribution in [-0.4, -0.2) is 0 Å². The highest BCUT2D eigenvalue weighted by atomic mass is 16.5. The van der Waals surface area contributed by atoms with Crippen molar-refractivity contribution < 1.29 is 4.74 Å². The van der Waals surface area contributed by atoms with Gasteiger partial charge in [-0.2, -0.15) is 0 Å². The predicted octanol–water partition coefficient (Wildman–Crippen LogP) is 4.22. The summed E-state index contributed by atoms with van der Waals surface area (Å²) < 4.78 is 5.79. The Bertz CT molecular complexity index is 447. The van der Waals surface area contributed by atoms with Gasteiger partial charge >= 0.3 is 0 Å². The SMILES string of the molecule is C=C1OC(C)(C)c2cc(C(C)(C)C)ccc21. The van der Waals surface area contributed by atoms with Crippen LogP contribution in [0.5, 0.6) is 0 Å². The molecule has 1 aromatic carbocycles. The van der Waals surface area contributed by atoms with Crippen LogP contribution in [0.2, 0.25) is 0 Å². The van der Waals surface area contributed by atoms with Crippen molar-refractivity contribution >= 4 is 5.76 Å². The van der Waals surface area contributed by atoms with Gasteiger partial charge in [-0.3, -0.25) is 0 Å². The molecule has 2 rings (SSSR count). The lowest BCUT2D eigenvalue weighted by Gasteiger charge is -2.23. The van der Waals surface area contributed by atoms with E-state index in [1.807, 2.05) is 0 Å². The molecular formula is C15H20O. The fraction of sp³-hybridized carbons (Fsp3) is 0.467. The molecule has 0 saturated heterocycles. The molecule has 0 bridgehead atoms. The Morgan fingerprint density at radius 1 is 1.19 bits per heavy atom. The minimum atomic E-state index is -0.242. The number of benzene rings is 1. The van der Waals surface area contributed by atoms with Crippen molar-refractivity contribution in [3.63, 3.8) is 0 Å².